The smallest absolute Gasteiger partial charge is 0.258 e. The van der Waals surface area contributed by atoms with Crippen molar-refractivity contribution in [1.29, 1.82) is 0 Å². The van der Waals surface area contributed by atoms with Crippen LogP contribution in [0.15, 0.2) is 42.5 Å². The molecule has 2 aromatic rings. The average molecular weight is 287 g/mol. The molecular weight excluding hydrogens is 276 g/mol. The van der Waals surface area contributed by atoms with E-state index in [9.17, 15) is 18.4 Å². The molecule has 0 unspecified atom stereocenters. The number of anilines is 1. The van der Waals surface area contributed by atoms with Gasteiger partial charge in [-0.1, -0.05) is 0 Å². The quantitative estimate of drug-likeness (QED) is 0.807. The first-order chi connectivity index (χ1) is 10.1. The summed E-state index contributed by atoms with van der Waals surface area (Å²) in [6.45, 7) is 0.230. The fourth-order valence-corrected chi connectivity index (χ4v) is 2.39. The highest BCUT2D eigenvalue weighted by Crippen LogP contribution is 2.29. The number of nitrogens with zero attached hydrogens (tertiary/aromatic N) is 1. The molecule has 1 aliphatic heterocycles. The highest BCUT2D eigenvalue weighted by molar-refractivity contribution is 6.13. The maximum absolute atomic E-state index is 13.3. The molecule has 5 heteroatoms. The molecule has 0 fully saturated rings. The minimum Gasteiger partial charge on any atom is -0.307 e. The molecule has 0 aromatic heterocycles. The third-order valence-electron chi connectivity index (χ3n) is 3.45. The summed E-state index contributed by atoms with van der Waals surface area (Å²) in [5.74, 6) is -1.47. The minimum absolute atomic E-state index is 0.142. The normalized spacial score (nSPS) is 14.0. The summed E-state index contributed by atoms with van der Waals surface area (Å²) in [6, 6.07) is 8.95. The zero-order valence-electron chi connectivity index (χ0n) is 11.0. The molecule has 3 rings (SSSR count). The molecular formula is C16H11F2NO2. The first-order valence-corrected chi connectivity index (χ1v) is 6.46. The van der Waals surface area contributed by atoms with Gasteiger partial charge < -0.3 is 4.90 Å². The molecule has 1 aliphatic rings. The number of hydrogen-bond acceptors (Lipinski definition) is 2. The lowest BCUT2D eigenvalue weighted by molar-refractivity contribution is 0.0954. The fraction of sp³-hybridized carbons (Fsp3) is 0.125. The Kier molecular flexibility index (Phi) is 3.25. The van der Waals surface area contributed by atoms with Crippen molar-refractivity contribution in [2.75, 3.05) is 11.4 Å². The van der Waals surface area contributed by atoms with E-state index in [1.807, 2.05) is 0 Å². The van der Waals surface area contributed by atoms with Crippen LogP contribution in [0.25, 0.3) is 0 Å². The Labute approximate surface area is 119 Å². The summed E-state index contributed by atoms with van der Waals surface area (Å²) in [5.41, 5.74) is 0.916. The van der Waals surface area contributed by atoms with Gasteiger partial charge in [0.2, 0.25) is 0 Å². The summed E-state index contributed by atoms with van der Waals surface area (Å²) in [7, 11) is 0. The van der Waals surface area contributed by atoms with Crippen molar-refractivity contribution in [3.05, 3.63) is 65.2 Å². The first kappa shape index (κ1) is 13.4. The number of Topliss-reactive ketones (excluding diaryl/α,β-unsaturated/α-hetero) is 1. The van der Waals surface area contributed by atoms with Crippen molar-refractivity contribution in [2.45, 2.75) is 6.42 Å². The van der Waals surface area contributed by atoms with Crippen LogP contribution in [0.5, 0.6) is 0 Å². The Hall–Kier alpha value is -2.56. The third-order valence-corrected chi connectivity index (χ3v) is 3.45. The van der Waals surface area contributed by atoms with Gasteiger partial charge in [-0.15, -0.1) is 0 Å². The summed E-state index contributed by atoms with van der Waals surface area (Å²) in [5, 5.41) is 0. The standard InChI is InChI=1S/C16H11F2NO2/c17-11-3-1-10(2-4-11)16(21)19-8-7-15(20)13-9-12(18)5-6-14(13)19/h1-6,9H,7-8H2. The van der Waals surface area contributed by atoms with E-state index in [1.165, 1.54) is 41.3 Å². The Balaban J connectivity index is 2.01. The minimum atomic E-state index is -0.516. The zero-order chi connectivity index (χ0) is 15.0. The molecule has 0 saturated carbocycles. The van der Waals surface area contributed by atoms with Crippen LogP contribution < -0.4 is 4.90 Å². The predicted octanol–water partition coefficient (Wildman–Crippen LogP) is 3.20. The van der Waals surface area contributed by atoms with Crippen molar-refractivity contribution in [2.24, 2.45) is 0 Å². The number of hydrogen-bond donors (Lipinski definition) is 0. The first-order valence-electron chi connectivity index (χ1n) is 6.46. The fourth-order valence-electron chi connectivity index (χ4n) is 2.39. The maximum atomic E-state index is 13.3. The van der Waals surface area contributed by atoms with Crippen molar-refractivity contribution in [3.8, 4) is 0 Å². The highest BCUT2D eigenvalue weighted by Gasteiger charge is 2.28. The van der Waals surface area contributed by atoms with Crippen LogP contribution in [0.2, 0.25) is 0 Å². The number of rotatable bonds is 1. The average Bonchev–Trinajstić information content (AvgIpc) is 2.48. The molecule has 1 heterocycles. The van der Waals surface area contributed by atoms with Gasteiger partial charge in [-0.25, -0.2) is 8.78 Å². The molecule has 0 aliphatic carbocycles. The molecule has 0 spiro atoms. The van der Waals surface area contributed by atoms with E-state index < -0.39 is 11.6 Å². The Morgan fingerprint density at radius 3 is 2.38 bits per heavy atom. The van der Waals surface area contributed by atoms with Gasteiger partial charge in [0.05, 0.1) is 5.69 Å². The molecule has 3 nitrogen and oxygen atoms in total. The monoisotopic (exact) mass is 287 g/mol. The second-order valence-corrected chi connectivity index (χ2v) is 4.80. The van der Waals surface area contributed by atoms with Gasteiger partial charge in [-0.3, -0.25) is 9.59 Å². The second kappa shape index (κ2) is 5.09. The van der Waals surface area contributed by atoms with Crippen LogP contribution in [0.4, 0.5) is 14.5 Å². The molecule has 1 amide bonds. The van der Waals surface area contributed by atoms with Gasteiger partial charge in [-0.05, 0) is 42.5 Å². The summed E-state index contributed by atoms with van der Waals surface area (Å²) in [6.07, 6.45) is 0.142. The molecule has 0 bridgehead atoms. The van der Waals surface area contributed by atoms with Gasteiger partial charge in [0.1, 0.15) is 11.6 Å². The number of ketones is 1. The van der Waals surface area contributed by atoms with E-state index in [2.05, 4.69) is 0 Å². The van der Waals surface area contributed by atoms with Crippen molar-refractivity contribution in [1.82, 2.24) is 0 Å². The molecule has 0 N–H and O–H groups in total. The Morgan fingerprint density at radius 1 is 1.00 bits per heavy atom. The van der Waals surface area contributed by atoms with Crippen LogP contribution >= 0.6 is 0 Å². The van der Waals surface area contributed by atoms with E-state index in [4.69, 9.17) is 0 Å². The van der Waals surface area contributed by atoms with Crippen LogP contribution in [-0.4, -0.2) is 18.2 Å². The van der Waals surface area contributed by atoms with Gasteiger partial charge in [-0.2, -0.15) is 0 Å². The molecule has 2 aromatic carbocycles. The molecule has 21 heavy (non-hydrogen) atoms. The van der Waals surface area contributed by atoms with Crippen molar-refractivity contribution in [3.63, 3.8) is 0 Å². The lowest BCUT2D eigenvalue weighted by atomic mass is 9.99. The van der Waals surface area contributed by atoms with Crippen LogP contribution in [-0.2, 0) is 0 Å². The maximum Gasteiger partial charge on any atom is 0.258 e. The summed E-state index contributed by atoms with van der Waals surface area (Å²) in [4.78, 5) is 25.7. The molecule has 106 valence electrons. The van der Waals surface area contributed by atoms with Crippen LogP contribution in [0.3, 0.4) is 0 Å². The number of carbonyl (C=O) groups excluding carboxylic acids is 2. The van der Waals surface area contributed by atoms with E-state index >= 15 is 0 Å². The lowest BCUT2D eigenvalue weighted by Gasteiger charge is -2.28. The van der Waals surface area contributed by atoms with Crippen molar-refractivity contribution >= 4 is 17.4 Å². The third kappa shape index (κ3) is 2.42. The predicted molar refractivity (Wildman–Crippen MR) is 73.4 cm³/mol. The van der Waals surface area contributed by atoms with Gasteiger partial charge in [0, 0.05) is 24.1 Å². The number of benzene rings is 2. The second-order valence-electron chi connectivity index (χ2n) is 4.80. The highest BCUT2D eigenvalue weighted by atomic mass is 19.1. The lowest BCUT2D eigenvalue weighted by Crippen LogP contribution is -2.37. The number of halogens is 2. The molecule has 0 radical (unpaired) electrons. The molecule has 0 saturated heterocycles. The summed E-state index contributed by atoms with van der Waals surface area (Å²) < 4.78 is 26.2. The van der Waals surface area contributed by atoms with E-state index in [1.54, 1.807) is 0 Å². The molecule has 0 atom stereocenters. The van der Waals surface area contributed by atoms with Crippen LogP contribution in [0, 0.1) is 11.6 Å². The SMILES string of the molecule is O=C1CCN(C(=O)c2ccc(F)cc2)c2ccc(F)cc21. The van der Waals surface area contributed by atoms with Crippen molar-refractivity contribution < 1.29 is 18.4 Å². The van der Waals surface area contributed by atoms with Gasteiger partial charge in [0.25, 0.3) is 5.91 Å². The number of fused-ring (bicyclic) bond motifs is 1. The van der Waals surface area contributed by atoms with E-state index in [0.29, 0.717) is 11.3 Å². The zero-order valence-corrected chi connectivity index (χ0v) is 11.0. The number of amides is 1. The summed E-state index contributed by atoms with van der Waals surface area (Å²) >= 11 is 0. The largest absolute Gasteiger partial charge is 0.307 e. The van der Waals surface area contributed by atoms with Gasteiger partial charge >= 0.3 is 0 Å². The van der Waals surface area contributed by atoms with Gasteiger partial charge in [0.15, 0.2) is 5.78 Å². The Morgan fingerprint density at radius 2 is 1.67 bits per heavy atom. The van der Waals surface area contributed by atoms with E-state index in [-0.39, 0.29) is 30.2 Å². The number of carbonyl (C=O) groups is 2. The topological polar surface area (TPSA) is 37.4 Å². The van der Waals surface area contributed by atoms with Crippen LogP contribution in [0.1, 0.15) is 27.1 Å². The van der Waals surface area contributed by atoms with E-state index in [0.717, 1.165) is 6.07 Å². The Bertz CT molecular complexity index is 726.